The molecule has 3 aromatic heterocycles. The summed E-state index contributed by atoms with van der Waals surface area (Å²) >= 11 is 6.80. The van der Waals surface area contributed by atoms with Crippen LogP contribution in [0.2, 0.25) is 5.02 Å². The van der Waals surface area contributed by atoms with E-state index in [2.05, 4.69) is 30.7 Å². The second-order valence-corrected chi connectivity index (χ2v) is 11.0. The number of piperidine rings is 1. The van der Waals surface area contributed by atoms with Gasteiger partial charge in [0.15, 0.2) is 0 Å². The number of aromatic nitrogens is 6. The lowest BCUT2D eigenvalue weighted by Gasteiger charge is -2.41. The van der Waals surface area contributed by atoms with Gasteiger partial charge in [-0.1, -0.05) is 11.6 Å². The first-order chi connectivity index (χ1) is 18.6. The molecule has 2 aromatic carbocycles. The van der Waals surface area contributed by atoms with Crippen molar-refractivity contribution in [2.75, 3.05) is 19.8 Å². The van der Waals surface area contributed by atoms with E-state index in [4.69, 9.17) is 31.2 Å². The summed E-state index contributed by atoms with van der Waals surface area (Å²) in [6.45, 7) is 4.83. The van der Waals surface area contributed by atoms with E-state index in [-0.39, 0.29) is 0 Å². The highest BCUT2D eigenvalue weighted by Gasteiger charge is 2.49. The first-order valence-electron chi connectivity index (χ1n) is 13.1. The van der Waals surface area contributed by atoms with Gasteiger partial charge < -0.3 is 14.5 Å². The van der Waals surface area contributed by atoms with Gasteiger partial charge in [0.1, 0.15) is 27.9 Å². The Labute approximate surface area is 223 Å². The number of nitrogens with zero attached hydrogens (tertiary/aromatic N) is 6. The van der Waals surface area contributed by atoms with Crippen molar-refractivity contribution in [2.45, 2.75) is 37.9 Å². The molecule has 3 unspecified atom stereocenters. The van der Waals surface area contributed by atoms with Crippen LogP contribution >= 0.6 is 11.6 Å². The molecule has 1 saturated carbocycles. The molecule has 2 saturated heterocycles. The Bertz CT molecular complexity index is 1690. The molecule has 2 aliphatic heterocycles. The zero-order chi connectivity index (χ0) is 25.4. The Morgan fingerprint density at radius 2 is 1.95 bits per heavy atom. The molecule has 192 valence electrons. The molecule has 3 atom stereocenters. The first-order valence-corrected chi connectivity index (χ1v) is 13.4. The topological polar surface area (TPSA) is 94.0 Å². The van der Waals surface area contributed by atoms with E-state index in [0.717, 1.165) is 54.3 Å². The third-order valence-corrected chi connectivity index (χ3v) is 8.66. The van der Waals surface area contributed by atoms with Crippen molar-refractivity contribution in [3.8, 4) is 22.8 Å². The van der Waals surface area contributed by atoms with Gasteiger partial charge in [0.2, 0.25) is 0 Å². The molecule has 2 bridgehead atoms. The zero-order valence-corrected chi connectivity index (χ0v) is 21.6. The molecule has 1 N–H and O–H groups in total. The number of hydrogen-bond donors (Lipinski definition) is 1. The van der Waals surface area contributed by atoms with Gasteiger partial charge in [-0.05, 0) is 49.9 Å². The highest BCUT2D eigenvalue weighted by molar-refractivity contribution is 6.36. The quantitative estimate of drug-likeness (QED) is 0.337. The fraction of sp³-hybridized carbons (Fsp3) is 0.357. The molecule has 0 spiro atoms. The first kappa shape index (κ1) is 22.5. The minimum atomic E-state index is 0.429. The van der Waals surface area contributed by atoms with Crippen LogP contribution in [0.4, 0.5) is 0 Å². The summed E-state index contributed by atoms with van der Waals surface area (Å²) in [6.07, 6.45) is 8.16. The van der Waals surface area contributed by atoms with Crippen molar-refractivity contribution in [1.29, 1.82) is 0 Å². The van der Waals surface area contributed by atoms with Crippen LogP contribution < -0.4 is 4.74 Å². The number of aryl methyl sites for hydroxylation is 1. The number of benzene rings is 2. The molecular formula is C28H26ClN7O2. The predicted octanol–water partition coefficient (Wildman–Crippen LogP) is 5.16. The smallest absolute Gasteiger partial charge is 0.148 e. The number of aromatic amines is 1. The van der Waals surface area contributed by atoms with Gasteiger partial charge >= 0.3 is 0 Å². The maximum Gasteiger partial charge on any atom is 0.148 e. The lowest BCUT2D eigenvalue weighted by Crippen LogP contribution is -2.52. The number of rotatable bonds is 5. The van der Waals surface area contributed by atoms with Gasteiger partial charge in [-0.15, -0.1) is 0 Å². The average molecular weight is 528 g/mol. The lowest BCUT2D eigenvalue weighted by atomic mass is 10.0. The van der Waals surface area contributed by atoms with E-state index < -0.39 is 0 Å². The SMILES string of the molecule is Cc1nc2ccc(Oc3ccc4ncc(-c5cnn(C6CC7CC6CN7C6COC6)c5)nc4c3Cl)cc2[nH]1. The fourth-order valence-electron chi connectivity index (χ4n) is 6.35. The summed E-state index contributed by atoms with van der Waals surface area (Å²) in [5, 5.41) is 5.17. The van der Waals surface area contributed by atoms with Gasteiger partial charge in [0.05, 0.1) is 59.9 Å². The van der Waals surface area contributed by atoms with Gasteiger partial charge in [-0.3, -0.25) is 14.6 Å². The maximum absolute atomic E-state index is 6.80. The third-order valence-electron chi connectivity index (χ3n) is 8.29. The molecule has 8 rings (SSSR count). The Hall–Kier alpha value is -3.53. The Kier molecular flexibility index (Phi) is 5.02. The number of H-pyrrole nitrogens is 1. The molecule has 5 aromatic rings. The van der Waals surface area contributed by atoms with E-state index >= 15 is 0 Å². The number of hydrogen-bond acceptors (Lipinski definition) is 7. The average Bonchev–Trinajstić information content (AvgIpc) is 3.67. The molecule has 1 aliphatic carbocycles. The van der Waals surface area contributed by atoms with E-state index in [1.54, 1.807) is 6.20 Å². The van der Waals surface area contributed by atoms with Crippen LogP contribution in [0.5, 0.6) is 11.5 Å². The number of likely N-dealkylation sites (tertiary alicyclic amines) is 1. The summed E-state index contributed by atoms with van der Waals surface area (Å²) in [7, 11) is 0. The van der Waals surface area contributed by atoms with Crippen molar-refractivity contribution < 1.29 is 9.47 Å². The second kappa shape index (κ2) is 8.49. The van der Waals surface area contributed by atoms with Crippen molar-refractivity contribution in [1.82, 2.24) is 34.6 Å². The van der Waals surface area contributed by atoms with E-state index in [1.807, 2.05) is 43.5 Å². The van der Waals surface area contributed by atoms with Gasteiger partial charge in [-0.2, -0.15) is 5.10 Å². The van der Waals surface area contributed by atoms with Crippen molar-refractivity contribution in [3.05, 3.63) is 59.8 Å². The lowest BCUT2D eigenvalue weighted by molar-refractivity contribution is -0.0774. The monoisotopic (exact) mass is 527 g/mol. The molecule has 3 fully saturated rings. The Morgan fingerprint density at radius 3 is 2.76 bits per heavy atom. The maximum atomic E-state index is 6.80. The van der Waals surface area contributed by atoms with Crippen LogP contribution in [-0.4, -0.2) is 66.5 Å². The van der Waals surface area contributed by atoms with E-state index in [9.17, 15) is 0 Å². The summed E-state index contributed by atoms with van der Waals surface area (Å²) in [5.74, 6) is 2.69. The number of imidazole rings is 1. The zero-order valence-electron chi connectivity index (χ0n) is 20.8. The summed E-state index contributed by atoms with van der Waals surface area (Å²) in [6, 6.07) is 11.1. The van der Waals surface area contributed by atoms with Gasteiger partial charge in [0.25, 0.3) is 0 Å². The Balaban J connectivity index is 1.05. The molecule has 0 radical (unpaired) electrons. The molecular weight excluding hydrogens is 502 g/mol. The Morgan fingerprint density at radius 1 is 1.05 bits per heavy atom. The van der Waals surface area contributed by atoms with Crippen LogP contribution in [0.1, 0.15) is 24.7 Å². The molecule has 3 aliphatic rings. The number of ether oxygens (including phenoxy) is 2. The van der Waals surface area contributed by atoms with Crippen molar-refractivity contribution >= 4 is 33.7 Å². The van der Waals surface area contributed by atoms with Gasteiger partial charge in [0, 0.05) is 30.4 Å². The van der Waals surface area contributed by atoms with Crippen molar-refractivity contribution in [2.24, 2.45) is 5.92 Å². The molecule has 0 amide bonds. The van der Waals surface area contributed by atoms with Gasteiger partial charge in [-0.25, -0.2) is 9.97 Å². The molecule has 9 nitrogen and oxygen atoms in total. The largest absolute Gasteiger partial charge is 0.456 e. The summed E-state index contributed by atoms with van der Waals surface area (Å²) < 4.78 is 13.7. The van der Waals surface area contributed by atoms with E-state index in [0.29, 0.717) is 51.6 Å². The number of nitrogens with one attached hydrogen (secondary N) is 1. The third kappa shape index (κ3) is 3.60. The van der Waals surface area contributed by atoms with Crippen LogP contribution in [0.25, 0.3) is 33.3 Å². The number of halogens is 1. The highest BCUT2D eigenvalue weighted by Crippen LogP contribution is 2.46. The van der Waals surface area contributed by atoms with Crippen LogP contribution in [0, 0.1) is 12.8 Å². The number of fused-ring (bicyclic) bond motifs is 4. The van der Waals surface area contributed by atoms with Crippen LogP contribution in [-0.2, 0) is 4.74 Å². The summed E-state index contributed by atoms with van der Waals surface area (Å²) in [4.78, 5) is 19.8. The molecule has 5 heterocycles. The predicted molar refractivity (Wildman–Crippen MR) is 144 cm³/mol. The van der Waals surface area contributed by atoms with E-state index in [1.165, 1.54) is 6.42 Å². The molecule has 38 heavy (non-hydrogen) atoms. The van der Waals surface area contributed by atoms with Crippen LogP contribution in [0.3, 0.4) is 0 Å². The molecule has 10 heteroatoms. The minimum absolute atomic E-state index is 0.429. The normalized spacial score (nSPS) is 23.5. The fourth-order valence-corrected chi connectivity index (χ4v) is 6.59. The summed E-state index contributed by atoms with van der Waals surface area (Å²) in [5.41, 5.74) is 4.81. The van der Waals surface area contributed by atoms with Crippen LogP contribution in [0.15, 0.2) is 48.9 Å². The highest BCUT2D eigenvalue weighted by atomic mass is 35.5. The van der Waals surface area contributed by atoms with Crippen molar-refractivity contribution in [3.63, 3.8) is 0 Å². The second-order valence-electron chi connectivity index (χ2n) is 10.7. The minimum Gasteiger partial charge on any atom is -0.456 e. The standard InChI is InChI=1S/C28H26ClN7O2/c1-15-32-21-3-2-20(8-23(21)33-15)38-26-5-4-22-28(27(26)29)34-24(10-30-22)17-9-31-36(12-17)25-7-18-6-16(25)11-35(18)19-13-37-14-19/h2-5,8-10,12,16,18-19,25H,6-7,11,13-14H2,1H3,(H,32,33).